The van der Waals surface area contributed by atoms with Gasteiger partial charge in [0.2, 0.25) is 29.5 Å². The Morgan fingerprint density at radius 1 is 0.647 bits per heavy atom. The molecule has 5 amide bonds. The molecule has 12 N–H and O–H groups in total. The first-order valence-electron chi connectivity index (χ1n) is 10.1. The third-order valence-corrected chi connectivity index (χ3v) is 4.42. The molecule has 0 saturated carbocycles. The standard InChI is InChI=1S/C18H30N6O10/c19-8(7-25)15(30)22-9(1-4-12(20)26)16(31)23-10(3-6-14(28)29)17(32)24-11(18(33)34)2-5-13(21)27/h8-11,25H,1-7,19H2,(H2,20,26)(H2,21,27)(H,22,30)(H,23,31)(H,24,32)(H,28,29)(H,33,34). The Kier molecular flexibility index (Phi) is 13.4. The number of aliphatic hydroxyl groups is 1. The Morgan fingerprint density at radius 2 is 1.03 bits per heavy atom. The van der Waals surface area contributed by atoms with Crippen LogP contribution in [0.15, 0.2) is 0 Å². The Balaban J connectivity index is 5.59. The van der Waals surface area contributed by atoms with E-state index in [0.717, 1.165) is 0 Å². The molecule has 16 nitrogen and oxygen atoms in total. The van der Waals surface area contributed by atoms with E-state index in [0.29, 0.717) is 0 Å². The van der Waals surface area contributed by atoms with Gasteiger partial charge in [-0.2, -0.15) is 0 Å². The van der Waals surface area contributed by atoms with Crippen molar-refractivity contribution in [2.75, 3.05) is 6.61 Å². The van der Waals surface area contributed by atoms with Crippen molar-refractivity contribution < 1.29 is 48.9 Å². The fourth-order valence-corrected chi connectivity index (χ4v) is 2.54. The largest absolute Gasteiger partial charge is 0.481 e. The summed E-state index contributed by atoms with van der Waals surface area (Å²) < 4.78 is 0. The van der Waals surface area contributed by atoms with Crippen LogP contribution < -0.4 is 33.2 Å². The summed E-state index contributed by atoms with van der Waals surface area (Å²) in [5.41, 5.74) is 15.4. The number of hydrogen-bond acceptors (Lipinski definition) is 9. The number of carbonyl (C=O) groups is 7. The highest BCUT2D eigenvalue weighted by atomic mass is 16.4. The van der Waals surface area contributed by atoms with Crippen LogP contribution >= 0.6 is 0 Å². The fourth-order valence-electron chi connectivity index (χ4n) is 2.54. The van der Waals surface area contributed by atoms with Crippen LogP contribution in [0, 0.1) is 0 Å². The van der Waals surface area contributed by atoms with Gasteiger partial charge in [0.15, 0.2) is 0 Å². The van der Waals surface area contributed by atoms with E-state index in [1.165, 1.54) is 0 Å². The summed E-state index contributed by atoms with van der Waals surface area (Å²) in [4.78, 5) is 81.6. The molecule has 0 aliphatic rings. The van der Waals surface area contributed by atoms with Crippen LogP contribution in [0.5, 0.6) is 0 Å². The monoisotopic (exact) mass is 490 g/mol. The van der Waals surface area contributed by atoms with Crippen molar-refractivity contribution in [2.24, 2.45) is 17.2 Å². The number of nitrogens with one attached hydrogen (secondary N) is 3. The van der Waals surface area contributed by atoms with E-state index in [1.54, 1.807) is 0 Å². The van der Waals surface area contributed by atoms with Gasteiger partial charge in [0.05, 0.1) is 6.61 Å². The molecule has 0 bridgehead atoms. The Bertz CT molecular complexity index is 789. The number of primary amides is 2. The van der Waals surface area contributed by atoms with E-state index >= 15 is 0 Å². The third-order valence-electron chi connectivity index (χ3n) is 4.42. The van der Waals surface area contributed by atoms with Crippen LogP contribution in [-0.2, 0) is 33.6 Å². The molecule has 0 aliphatic carbocycles. The maximum absolute atomic E-state index is 12.7. The maximum Gasteiger partial charge on any atom is 0.326 e. The predicted octanol–water partition coefficient (Wildman–Crippen LogP) is -4.76. The molecule has 0 fully saturated rings. The molecular formula is C18H30N6O10. The Morgan fingerprint density at radius 3 is 1.41 bits per heavy atom. The average Bonchev–Trinajstić information content (AvgIpc) is 2.74. The quantitative estimate of drug-likeness (QED) is 0.0932. The second-order valence-corrected chi connectivity index (χ2v) is 7.25. The molecule has 34 heavy (non-hydrogen) atoms. The minimum absolute atomic E-state index is 0.311. The zero-order chi connectivity index (χ0) is 26.4. The first-order chi connectivity index (χ1) is 15.8. The van der Waals surface area contributed by atoms with E-state index in [4.69, 9.17) is 27.4 Å². The van der Waals surface area contributed by atoms with Crippen molar-refractivity contribution in [1.82, 2.24) is 16.0 Å². The van der Waals surface area contributed by atoms with Gasteiger partial charge in [0.1, 0.15) is 24.2 Å². The molecule has 4 unspecified atom stereocenters. The van der Waals surface area contributed by atoms with E-state index < -0.39 is 85.1 Å². The summed E-state index contributed by atoms with van der Waals surface area (Å²) >= 11 is 0. The molecule has 192 valence electrons. The van der Waals surface area contributed by atoms with Gasteiger partial charge in [-0.25, -0.2) is 4.79 Å². The number of hydrogen-bond donors (Lipinski definition) is 9. The third kappa shape index (κ3) is 12.3. The lowest BCUT2D eigenvalue weighted by Crippen LogP contribution is -2.57. The predicted molar refractivity (Wildman–Crippen MR) is 112 cm³/mol. The molecule has 0 rings (SSSR count). The van der Waals surface area contributed by atoms with E-state index in [9.17, 15) is 38.7 Å². The van der Waals surface area contributed by atoms with Gasteiger partial charge in [0, 0.05) is 19.3 Å². The summed E-state index contributed by atoms with van der Waals surface area (Å²) in [6.45, 7) is -0.748. The molecule has 0 aromatic heterocycles. The van der Waals surface area contributed by atoms with Gasteiger partial charge < -0.3 is 48.5 Å². The topological polar surface area (TPSA) is 294 Å². The lowest BCUT2D eigenvalue weighted by molar-refractivity contribution is -0.143. The number of amides is 5. The number of rotatable bonds is 17. The van der Waals surface area contributed by atoms with Crippen LogP contribution in [0.2, 0.25) is 0 Å². The zero-order valence-corrected chi connectivity index (χ0v) is 18.2. The second-order valence-electron chi connectivity index (χ2n) is 7.25. The average molecular weight is 490 g/mol. The maximum atomic E-state index is 12.7. The second kappa shape index (κ2) is 15.1. The van der Waals surface area contributed by atoms with Crippen molar-refractivity contribution in [3.05, 3.63) is 0 Å². The number of aliphatic hydroxyl groups excluding tert-OH is 1. The first-order valence-corrected chi connectivity index (χ1v) is 10.1. The Hall–Kier alpha value is -3.79. The van der Waals surface area contributed by atoms with Crippen molar-refractivity contribution >= 4 is 41.5 Å². The molecule has 0 aliphatic heterocycles. The van der Waals surface area contributed by atoms with E-state index in [2.05, 4.69) is 16.0 Å². The highest BCUT2D eigenvalue weighted by Gasteiger charge is 2.30. The van der Waals surface area contributed by atoms with Crippen molar-refractivity contribution in [3.8, 4) is 0 Å². The van der Waals surface area contributed by atoms with Crippen molar-refractivity contribution in [2.45, 2.75) is 62.7 Å². The molecule has 16 heteroatoms. The molecule has 0 aromatic carbocycles. The van der Waals surface area contributed by atoms with Crippen LogP contribution in [0.25, 0.3) is 0 Å². The van der Waals surface area contributed by atoms with Gasteiger partial charge in [0.25, 0.3) is 0 Å². The lowest BCUT2D eigenvalue weighted by Gasteiger charge is -2.24. The molecule has 0 radical (unpaired) electrons. The molecule has 0 heterocycles. The van der Waals surface area contributed by atoms with Crippen LogP contribution in [0.3, 0.4) is 0 Å². The molecule has 0 spiro atoms. The van der Waals surface area contributed by atoms with Gasteiger partial charge >= 0.3 is 11.9 Å². The molecule has 0 saturated heterocycles. The zero-order valence-electron chi connectivity index (χ0n) is 18.2. The fraction of sp³-hybridized carbons (Fsp3) is 0.611. The number of aliphatic carboxylic acids is 2. The van der Waals surface area contributed by atoms with Crippen LogP contribution in [-0.4, -0.2) is 87.6 Å². The number of carboxylic acid groups (broad SMARTS) is 2. The normalized spacial score (nSPS) is 14.1. The van der Waals surface area contributed by atoms with Crippen LogP contribution in [0.4, 0.5) is 0 Å². The lowest BCUT2D eigenvalue weighted by atomic mass is 10.1. The van der Waals surface area contributed by atoms with Crippen molar-refractivity contribution in [3.63, 3.8) is 0 Å². The smallest absolute Gasteiger partial charge is 0.326 e. The highest BCUT2D eigenvalue weighted by molar-refractivity contribution is 5.94. The SMILES string of the molecule is NC(=O)CCC(NC(=O)C(CCC(=O)O)NC(=O)C(CCC(N)=O)NC(=O)C(N)CO)C(=O)O. The minimum Gasteiger partial charge on any atom is -0.481 e. The Labute approximate surface area is 193 Å². The van der Waals surface area contributed by atoms with Crippen LogP contribution in [0.1, 0.15) is 38.5 Å². The van der Waals surface area contributed by atoms with Gasteiger partial charge in [-0.15, -0.1) is 0 Å². The highest BCUT2D eigenvalue weighted by Crippen LogP contribution is 2.05. The van der Waals surface area contributed by atoms with Gasteiger partial charge in [-0.05, 0) is 19.3 Å². The molecular weight excluding hydrogens is 460 g/mol. The molecule has 4 atom stereocenters. The minimum atomic E-state index is -1.56. The van der Waals surface area contributed by atoms with E-state index in [1.807, 2.05) is 0 Å². The number of carboxylic acids is 2. The summed E-state index contributed by atoms with van der Waals surface area (Å²) in [6, 6.07) is -5.95. The summed E-state index contributed by atoms with van der Waals surface area (Å²) in [6.07, 6.45) is -2.43. The van der Waals surface area contributed by atoms with E-state index in [-0.39, 0.29) is 25.7 Å². The number of carbonyl (C=O) groups excluding carboxylic acids is 5. The summed E-state index contributed by atoms with van der Waals surface area (Å²) in [5, 5.41) is 33.6. The van der Waals surface area contributed by atoms with Crippen molar-refractivity contribution in [1.29, 1.82) is 0 Å². The summed E-state index contributed by atoms with van der Waals surface area (Å²) in [7, 11) is 0. The molecule has 0 aromatic rings. The first kappa shape index (κ1) is 30.2. The van der Waals surface area contributed by atoms with Gasteiger partial charge in [-0.1, -0.05) is 0 Å². The van der Waals surface area contributed by atoms with Gasteiger partial charge in [-0.3, -0.25) is 28.8 Å². The summed E-state index contributed by atoms with van der Waals surface area (Å²) in [5.74, 6) is -7.47. The number of nitrogens with two attached hydrogens (primary N) is 3.